The van der Waals surface area contributed by atoms with Gasteiger partial charge in [-0.1, -0.05) is 35.9 Å². The smallest absolute Gasteiger partial charge is 0.244 e. The fourth-order valence-electron chi connectivity index (χ4n) is 2.29. The van der Waals surface area contributed by atoms with Gasteiger partial charge < -0.3 is 4.74 Å². The normalized spacial score (nSPS) is 12.9. The van der Waals surface area contributed by atoms with E-state index < -0.39 is 10.0 Å². The summed E-state index contributed by atoms with van der Waals surface area (Å²) in [5.41, 5.74) is 1.95. The number of halogens is 1. The van der Waals surface area contributed by atoms with Crippen molar-refractivity contribution < 1.29 is 13.2 Å². The van der Waals surface area contributed by atoms with Gasteiger partial charge in [0, 0.05) is 11.1 Å². The summed E-state index contributed by atoms with van der Waals surface area (Å²) in [6, 6.07) is 11.8. The number of aryl methyl sites for hydroxylation is 1. The van der Waals surface area contributed by atoms with Crippen LogP contribution in [0.4, 0.5) is 0 Å². The van der Waals surface area contributed by atoms with Gasteiger partial charge in [-0.3, -0.25) is 0 Å². The topological polar surface area (TPSA) is 55.4 Å². The quantitative estimate of drug-likeness (QED) is 0.903. The van der Waals surface area contributed by atoms with Crippen molar-refractivity contribution >= 4 is 21.6 Å². The molecule has 6 heteroatoms. The Labute approximate surface area is 136 Å². The van der Waals surface area contributed by atoms with Gasteiger partial charge in [-0.2, -0.15) is 0 Å². The fraction of sp³-hybridized carbons (Fsp3) is 0.250. The Morgan fingerprint density at radius 2 is 1.86 bits per heavy atom. The lowest BCUT2D eigenvalue weighted by Crippen LogP contribution is -2.27. The lowest BCUT2D eigenvalue weighted by atomic mass is 10.0. The molecule has 0 saturated carbocycles. The number of ether oxygens (including phenoxy) is 1. The molecule has 1 atom stereocenters. The molecule has 0 aromatic heterocycles. The minimum Gasteiger partial charge on any atom is -0.495 e. The van der Waals surface area contributed by atoms with Crippen molar-refractivity contribution in [2.75, 3.05) is 7.11 Å². The first-order valence-corrected chi connectivity index (χ1v) is 8.62. The maximum Gasteiger partial charge on any atom is 0.244 e. The molecule has 2 aromatic rings. The second-order valence-corrected chi connectivity index (χ2v) is 7.11. The number of nitrogens with one attached hydrogen (secondary N) is 1. The van der Waals surface area contributed by atoms with Crippen LogP contribution in [0.15, 0.2) is 47.4 Å². The standard InChI is InChI=1S/C16H18ClNO3S/c1-11-6-4-5-7-14(11)12(2)18-22(19,20)16-10-13(17)8-9-15(16)21-3/h4-10,12,18H,1-3H3. The lowest BCUT2D eigenvalue weighted by Gasteiger charge is -2.18. The third-order valence-corrected chi connectivity index (χ3v) is 5.20. The van der Waals surface area contributed by atoms with Gasteiger partial charge in [0.1, 0.15) is 10.6 Å². The number of hydrogen-bond acceptors (Lipinski definition) is 3. The molecule has 0 heterocycles. The summed E-state index contributed by atoms with van der Waals surface area (Å²) in [6.07, 6.45) is 0. The second kappa shape index (κ2) is 6.69. The van der Waals surface area contributed by atoms with Crippen molar-refractivity contribution in [3.05, 3.63) is 58.6 Å². The molecule has 0 spiro atoms. The van der Waals surface area contributed by atoms with Gasteiger partial charge in [0.2, 0.25) is 10.0 Å². The van der Waals surface area contributed by atoms with Crippen molar-refractivity contribution in [3.8, 4) is 5.75 Å². The summed E-state index contributed by atoms with van der Waals surface area (Å²) < 4.78 is 33.0. The van der Waals surface area contributed by atoms with Crippen LogP contribution >= 0.6 is 11.6 Å². The average Bonchev–Trinajstić information content (AvgIpc) is 2.47. The van der Waals surface area contributed by atoms with Gasteiger partial charge in [0.25, 0.3) is 0 Å². The van der Waals surface area contributed by atoms with E-state index in [-0.39, 0.29) is 16.7 Å². The molecule has 2 aromatic carbocycles. The van der Waals surface area contributed by atoms with E-state index in [4.69, 9.17) is 16.3 Å². The molecule has 0 amide bonds. The van der Waals surface area contributed by atoms with Crippen molar-refractivity contribution in [2.24, 2.45) is 0 Å². The molecule has 0 aliphatic heterocycles. The first-order chi connectivity index (χ1) is 10.3. The highest BCUT2D eigenvalue weighted by Gasteiger charge is 2.23. The first kappa shape index (κ1) is 16.8. The highest BCUT2D eigenvalue weighted by molar-refractivity contribution is 7.89. The van der Waals surface area contributed by atoms with Crippen LogP contribution in [-0.4, -0.2) is 15.5 Å². The van der Waals surface area contributed by atoms with E-state index in [0.29, 0.717) is 5.02 Å². The molecule has 0 aliphatic rings. The Hall–Kier alpha value is -1.56. The van der Waals surface area contributed by atoms with Crippen LogP contribution in [0.1, 0.15) is 24.1 Å². The second-order valence-electron chi connectivity index (χ2n) is 4.99. The van der Waals surface area contributed by atoms with Gasteiger partial charge in [-0.15, -0.1) is 0 Å². The van der Waals surface area contributed by atoms with E-state index in [2.05, 4.69) is 4.72 Å². The zero-order valence-electron chi connectivity index (χ0n) is 12.6. The van der Waals surface area contributed by atoms with Crippen LogP contribution < -0.4 is 9.46 Å². The van der Waals surface area contributed by atoms with Gasteiger partial charge in [-0.25, -0.2) is 13.1 Å². The molecular weight excluding hydrogens is 322 g/mol. The fourth-order valence-corrected chi connectivity index (χ4v) is 3.95. The molecule has 0 aliphatic carbocycles. The molecular formula is C16H18ClNO3S. The summed E-state index contributed by atoms with van der Waals surface area (Å²) >= 11 is 5.91. The molecule has 1 N–H and O–H groups in total. The molecule has 4 nitrogen and oxygen atoms in total. The van der Waals surface area contributed by atoms with E-state index in [1.165, 1.54) is 19.2 Å². The monoisotopic (exact) mass is 339 g/mol. The Morgan fingerprint density at radius 1 is 1.18 bits per heavy atom. The van der Waals surface area contributed by atoms with Gasteiger partial charge in [0.15, 0.2) is 0 Å². The van der Waals surface area contributed by atoms with Crippen LogP contribution in [0, 0.1) is 6.92 Å². The number of methoxy groups -OCH3 is 1. The number of hydrogen-bond donors (Lipinski definition) is 1. The first-order valence-electron chi connectivity index (χ1n) is 6.76. The Bertz CT molecular complexity index is 775. The lowest BCUT2D eigenvalue weighted by molar-refractivity contribution is 0.402. The summed E-state index contributed by atoms with van der Waals surface area (Å²) in [5, 5.41) is 0.338. The van der Waals surface area contributed by atoms with E-state index in [1.807, 2.05) is 31.2 Å². The molecule has 0 fully saturated rings. The molecule has 1 unspecified atom stereocenters. The maximum absolute atomic E-state index is 12.6. The van der Waals surface area contributed by atoms with Crippen LogP contribution in [-0.2, 0) is 10.0 Å². The van der Waals surface area contributed by atoms with Crippen molar-refractivity contribution in [1.82, 2.24) is 4.72 Å². The Morgan fingerprint density at radius 3 is 2.50 bits per heavy atom. The van der Waals surface area contributed by atoms with Crippen LogP contribution in [0.25, 0.3) is 0 Å². The summed E-state index contributed by atoms with van der Waals surface area (Å²) in [4.78, 5) is 0.0305. The summed E-state index contributed by atoms with van der Waals surface area (Å²) in [6.45, 7) is 3.75. The van der Waals surface area contributed by atoms with Crippen molar-refractivity contribution in [1.29, 1.82) is 0 Å². The van der Waals surface area contributed by atoms with Crippen molar-refractivity contribution in [3.63, 3.8) is 0 Å². The number of sulfonamides is 1. The average molecular weight is 340 g/mol. The SMILES string of the molecule is COc1ccc(Cl)cc1S(=O)(=O)NC(C)c1ccccc1C. The summed E-state index contributed by atoms with van der Waals surface area (Å²) in [7, 11) is -2.33. The van der Waals surface area contributed by atoms with Crippen LogP contribution in [0.5, 0.6) is 5.75 Å². The zero-order valence-corrected chi connectivity index (χ0v) is 14.2. The zero-order chi connectivity index (χ0) is 16.3. The van der Waals surface area contributed by atoms with E-state index in [9.17, 15) is 8.42 Å². The minimum atomic E-state index is -3.75. The molecule has 0 bridgehead atoms. The number of rotatable bonds is 5. The molecule has 118 valence electrons. The maximum atomic E-state index is 12.6. The van der Waals surface area contributed by atoms with Crippen LogP contribution in [0.3, 0.4) is 0 Å². The largest absolute Gasteiger partial charge is 0.495 e. The van der Waals surface area contributed by atoms with E-state index in [0.717, 1.165) is 11.1 Å². The van der Waals surface area contributed by atoms with Crippen molar-refractivity contribution in [2.45, 2.75) is 24.8 Å². The van der Waals surface area contributed by atoms with Crippen LogP contribution in [0.2, 0.25) is 5.02 Å². The molecule has 0 radical (unpaired) electrons. The van der Waals surface area contributed by atoms with E-state index >= 15 is 0 Å². The van der Waals surface area contributed by atoms with Gasteiger partial charge in [0.05, 0.1) is 7.11 Å². The molecule has 0 saturated heterocycles. The minimum absolute atomic E-state index is 0.0305. The predicted octanol–water partition coefficient (Wildman–Crippen LogP) is 3.70. The number of benzene rings is 2. The Balaban J connectivity index is 2.36. The van der Waals surface area contributed by atoms with Gasteiger partial charge >= 0.3 is 0 Å². The Kier molecular flexibility index (Phi) is 5.11. The summed E-state index contributed by atoms with van der Waals surface area (Å²) in [5.74, 6) is 0.258. The molecule has 22 heavy (non-hydrogen) atoms. The highest BCUT2D eigenvalue weighted by Crippen LogP contribution is 2.28. The van der Waals surface area contributed by atoms with E-state index in [1.54, 1.807) is 13.0 Å². The third-order valence-electron chi connectivity index (χ3n) is 3.40. The molecule has 2 rings (SSSR count). The highest BCUT2D eigenvalue weighted by atomic mass is 35.5. The third kappa shape index (κ3) is 3.61. The predicted molar refractivity (Wildman–Crippen MR) is 87.9 cm³/mol. The van der Waals surface area contributed by atoms with Gasteiger partial charge in [-0.05, 0) is 43.2 Å².